The number of halogens is 1. The molecule has 0 saturated heterocycles. The highest BCUT2D eigenvalue weighted by atomic mass is 35.5. The van der Waals surface area contributed by atoms with Crippen molar-refractivity contribution in [3.8, 4) is 5.75 Å². The maximum Gasteiger partial charge on any atom is 0.311 e. The van der Waals surface area contributed by atoms with Crippen molar-refractivity contribution in [1.82, 2.24) is 0 Å². The van der Waals surface area contributed by atoms with Gasteiger partial charge in [0.05, 0.1) is 4.92 Å². The van der Waals surface area contributed by atoms with Gasteiger partial charge < -0.3 is 4.74 Å². The SMILES string of the molecule is CCCCC(=O)Oc1ccc([N+](=O)[O-])c(Cl)c1. The molecule has 0 aromatic heterocycles. The average molecular weight is 258 g/mol. The molecular formula is C11H12ClNO4. The molecule has 0 bridgehead atoms. The van der Waals surface area contributed by atoms with Crippen LogP contribution in [0.2, 0.25) is 5.02 Å². The van der Waals surface area contributed by atoms with E-state index in [2.05, 4.69) is 0 Å². The summed E-state index contributed by atoms with van der Waals surface area (Å²) in [6.45, 7) is 1.97. The quantitative estimate of drug-likeness (QED) is 0.351. The highest BCUT2D eigenvalue weighted by Gasteiger charge is 2.13. The van der Waals surface area contributed by atoms with Crippen LogP contribution in [0.4, 0.5) is 5.69 Å². The lowest BCUT2D eigenvalue weighted by Crippen LogP contribution is -2.07. The number of nitrogens with zero attached hydrogens (tertiary/aromatic N) is 1. The van der Waals surface area contributed by atoms with Crippen molar-refractivity contribution in [1.29, 1.82) is 0 Å². The lowest BCUT2D eigenvalue weighted by molar-refractivity contribution is -0.384. The van der Waals surface area contributed by atoms with Crippen molar-refractivity contribution in [2.24, 2.45) is 0 Å². The van der Waals surface area contributed by atoms with Gasteiger partial charge in [-0.1, -0.05) is 24.9 Å². The summed E-state index contributed by atoms with van der Waals surface area (Å²) in [6, 6.07) is 3.84. The number of ether oxygens (including phenoxy) is 1. The molecule has 17 heavy (non-hydrogen) atoms. The number of rotatable bonds is 5. The first kappa shape index (κ1) is 13.4. The fourth-order valence-corrected chi connectivity index (χ4v) is 1.44. The molecule has 6 heteroatoms. The average Bonchev–Trinajstić information content (AvgIpc) is 2.26. The van der Waals surface area contributed by atoms with Gasteiger partial charge in [-0.15, -0.1) is 0 Å². The maximum absolute atomic E-state index is 11.3. The molecule has 1 aromatic carbocycles. The molecule has 0 radical (unpaired) electrons. The van der Waals surface area contributed by atoms with Gasteiger partial charge >= 0.3 is 5.97 Å². The van der Waals surface area contributed by atoms with Gasteiger partial charge in [0.2, 0.25) is 0 Å². The first-order valence-corrected chi connectivity index (χ1v) is 5.57. The van der Waals surface area contributed by atoms with Gasteiger partial charge in [0, 0.05) is 18.6 Å². The Morgan fingerprint density at radius 1 is 1.53 bits per heavy atom. The van der Waals surface area contributed by atoms with Gasteiger partial charge in [0.1, 0.15) is 10.8 Å². The van der Waals surface area contributed by atoms with E-state index in [1.165, 1.54) is 18.2 Å². The van der Waals surface area contributed by atoms with Crippen LogP contribution in [-0.4, -0.2) is 10.9 Å². The van der Waals surface area contributed by atoms with E-state index >= 15 is 0 Å². The fraction of sp³-hybridized carbons (Fsp3) is 0.364. The third-order valence-electron chi connectivity index (χ3n) is 2.08. The Balaban J connectivity index is 2.70. The van der Waals surface area contributed by atoms with E-state index in [4.69, 9.17) is 16.3 Å². The summed E-state index contributed by atoms with van der Waals surface area (Å²) < 4.78 is 4.99. The number of unbranched alkanes of at least 4 members (excludes halogenated alkanes) is 1. The van der Waals surface area contributed by atoms with Crippen molar-refractivity contribution in [3.05, 3.63) is 33.3 Å². The molecule has 1 rings (SSSR count). The Labute approximate surface area is 103 Å². The smallest absolute Gasteiger partial charge is 0.311 e. The van der Waals surface area contributed by atoms with Crippen LogP contribution in [0.25, 0.3) is 0 Å². The lowest BCUT2D eigenvalue weighted by atomic mass is 10.2. The molecule has 0 heterocycles. The predicted molar refractivity (Wildman–Crippen MR) is 63.3 cm³/mol. The highest BCUT2D eigenvalue weighted by Crippen LogP contribution is 2.28. The molecule has 0 unspecified atom stereocenters. The molecule has 0 atom stereocenters. The lowest BCUT2D eigenvalue weighted by Gasteiger charge is -2.04. The molecular weight excluding hydrogens is 246 g/mol. The zero-order valence-corrected chi connectivity index (χ0v) is 10.1. The Morgan fingerprint density at radius 3 is 2.76 bits per heavy atom. The zero-order valence-electron chi connectivity index (χ0n) is 9.31. The molecule has 0 aliphatic heterocycles. The summed E-state index contributed by atoms with van der Waals surface area (Å²) in [5, 5.41) is 10.5. The molecule has 0 N–H and O–H groups in total. The number of carbonyl (C=O) groups excluding carboxylic acids is 1. The standard InChI is InChI=1S/C11H12ClNO4/c1-2-3-4-11(14)17-8-5-6-10(13(15)16)9(12)7-8/h5-7H,2-4H2,1H3. The van der Waals surface area contributed by atoms with E-state index in [1.54, 1.807) is 0 Å². The van der Waals surface area contributed by atoms with E-state index < -0.39 is 4.92 Å². The van der Waals surface area contributed by atoms with Gasteiger partial charge in [-0.2, -0.15) is 0 Å². The predicted octanol–water partition coefficient (Wildman–Crippen LogP) is 3.34. The van der Waals surface area contributed by atoms with E-state index in [-0.39, 0.29) is 22.4 Å². The van der Waals surface area contributed by atoms with Crippen molar-refractivity contribution < 1.29 is 14.5 Å². The van der Waals surface area contributed by atoms with E-state index in [0.717, 1.165) is 12.8 Å². The van der Waals surface area contributed by atoms with Crippen LogP contribution in [-0.2, 0) is 4.79 Å². The second-order valence-electron chi connectivity index (χ2n) is 3.45. The molecule has 5 nitrogen and oxygen atoms in total. The minimum atomic E-state index is -0.592. The third kappa shape index (κ3) is 4.03. The van der Waals surface area contributed by atoms with E-state index in [9.17, 15) is 14.9 Å². The van der Waals surface area contributed by atoms with Gasteiger partial charge in [-0.25, -0.2) is 0 Å². The van der Waals surface area contributed by atoms with Gasteiger partial charge in [-0.05, 0) is 12.5 Å². The molecule has 1 aromatic rings. The fourth-order valence-electron chi connectivity index (χ4n) is 1.20. The third-order valence-corrected chi connectivity index (χ3v) is 2.38. The highest BCUT2D eigenvalue weighted by molar-refractivity contribution is 6.32. The topological polar surface area (TPSA) is 69.4 Å². The maximum atomic E-state index is 11.3. The second kappa shape index (κ2) is 6.20. The molecule has 0 fully saturated rings. The van der Waals surface area contributed by atoms with Crippen LogP contribution in [0.1, 0.15) is 26.2 Å². The largest absolute Gasteiger partial charge is 0.426 e. The van der Waals surface area contributed by atoms with Crippen LogP contribution in [0.5, 0.6) is 5.75 Å². The van der Waals surface area contributed by atoms with Gasteiger partial charge in [-0.3, -0.25) is 14.9 Å². The van der Waals surface area contributed by atoms with E-state index in [1.807, 2.05) is 6.92 Å². The van der Waals surface area contributed by atoms with E-state index in [0.29, 0.717) is 6.42 Å². The second-order valence-corrected chi connectivity index (χ2v) is 3.86. The Bertz CT molecular complexity index is 433. The minimum absolute atomic E-state index is 0.0456. The first-order chi connectivity index (χ1) is 8.04. The van der Waals surface area contributed by atoms with Crippen LogP contribution in [0.3, 0.4) is 0 Å². The van der Waals surface area contributed by atoms with Gasteiger partial charge in [0.25, 0.3) is 5.69 Å². The minimum Gasteiger partial charge on any atom is -0.426 e. The molecule has 92 valence electrons. The number of nitro benzene ring substituents is 1. The molecule has 0 amide bonds. The van der Waals surface area contributed by atoms with Crippen LogP contribution in [0, 0.1) is 10.1 Å². The van der Waals surface area contributed by atoms with Crippen molar-refractivity contribution >= 4 is 23.3 Å². The summed E-state index contributed by atoms with van der Waals surface area (Å²) in [5.41, 5.74) is -0.208. The number of hydrogen-bond acceptors (Lipinski definition) is 4. The number of esters is 1. The Hall–Kier alpha value is -1.62. The molecule has 0 saturated carbocycles. The summed E-state index contributed by atoms with van der Waals surface area (Å²) in [6.07, 6.45) is 1.97. The van der Waals surface area contributed by atoms with Crippen molar-refractivity contribution in [2.75, 3.05) is 0 Å². The van der Waals surface area contributed by atoms with Crippen LogP contribution in [0.15, 0.2) is 18.2 Å². The van der Waals surface area contributed by atoms with Gasteiger partial charge in [0.15, 0.2) is 0 Å². The molecule has 0 spiro atoms. The summed E-state index contributed by atoms with van der Waals surface area (Å²) in [4.78, 5) is 21.2. The van der Waals surface area contributed by atoms with Crippen molar-refractivity contribution in [3.63, 3.8) is 0 Å². The first-order valence-electron chi connectivity index (χ1n) is 5.19. The zero-order chi connectivity index (χ0) is 12.8. The Kier molecular flexibility index (Phi) is 4.90. The summed E-state index contributed by atoms with van der Waals surface area (Å²) >= 11 is 5.68. The monoisotopic (exact) mass is 257 g/mol. The number of nitro groups is 1. The number of hydrogen-bond donors (Lipinski definition) is 0. The van der Waals surface area contributed by atoms with Crippen LogP contribution >= 0.6 is 11.6 Å². The Morgan fingerprint density at radius 2 is 2.24 bits per heavy atom. The number of carbonyl (C=O) groups is 1. The number of benzene rings is 1. The summed E-state index contributed by atoms with van der Waals surface area (Å²) in [5.74, 6) is -0.140. The molecule has 0 aliphatic carbocycles. The normalized spacial score (nSPS) is 10.0. The van der Waals surface area contributed by atoms with Crippen molar-refractivity contribution in [2.45, 2.75) is 26.2 Å². The molecule has 0 aliphatic rings. The summed E-state index contributed by atoms with van der Waals surface area (Å²) in [7, 11) is 0. The van der Waals surface area contributed by atoms with Crippen LogP contribution < -0.4 is 4.74 Å².